The van der Waals surface area contributed by atoms with Crippen LogP contribution in [0.3, 0.4) is 0 Å². The third kappa shape index (κ3) is 4.22. The van der Waals surface area contributed by atoms with Crippen LogP contribution < -0.4 is 10.1 Å². The highest BCUT2D eigenvalue weighted by molar-refractivity contribution is 5.90. The second-order valence-electron chi connectivity index (χ2n) is 7.45. The van der Waals surface area contributed by atoms with Crippen molar-refractivity contribution < 1.29 is 18.7 Å². The van der Waals surface area contributed by atoms with Crippen LogP contribution in [0.2, 0.25) is 0 Å². The van der Waals surface area contributed by atoms with Crippen molar-refractivity contribution in [1.82, 2.24) is 15.2 Å². The predicted molar refractivity (Wildman–Crippen MR) is 104 cm³/mol. The first-order chi connectivity index (χ1) is 14.6. The number of hydrogen-bond donors (Lipinski definition) is 1. The van der Waals surface area contributed by atoms with Crippen LogP contribution in [0.15, 0.2) is 28.9 Å². The van der Waals surface area contributed by atoms with Crippen molar-refractivity contribution >= 4 is 5.91 Å². The fraction of sp³-hybridized carbons (Fsp3) is 0.429. The van der Waals surface area contributed by atoms with E-state index in [-0.39, 0.29) is 24.1 Å². The van der Waals surface area contributed by atoms with Gasteiger partial charge in [-0.05, 0) is 37.5 Å². The van der Waals surface area contributed by atoms with Crippen LogP contribution in [0.1, 0.15) is 35.5 Å². The molecule has 0 radical (unpaired) electrons. The van der Waals surface area contributed by atoms with Crippen LogP contribution in [-0.2, 0) is 4.74 Å². The molecule has 2 heterocycles. The van der Waals surface area contributed by atoms with E-state index in [4.69, 9.17) is 13.9 Å². The topological polar surface area (TPSA) is 124 Å². The lowest BCUT2D eigenvalue weighted by molar-refractivity contribution is 0.0903. The summed E-state index contributed by atoms with van der Waals surface area (Å²) in [6.07, 6.45) is 6.29. The van der Waals surface area contributed by atoms with Crippen LogP contribution in [0.4, 0.5) is 0 Å². The maximum absolute atomic E-state index is 12.6. The zero-order valence-electron chi connectivity index (χ0n) is 16.5. The summed E-state index contributed by atoms with van der Waals surface area (Å²) in [5.74, 6) is 0.0753. The second kappa shape index (κ2) is 8.44. The van der Waals surface area contributed by atoms with Gasteiger partial charge >= 0.3 is 5.91 Å². The molecule has 4 rings (SSSR count). The molecule has 9 nitrogen and oxygen atoms in total. The van der Waals surface area contributed by atoms with Gasteiger partial charge in [-0.3, -0.25) is 4.79 Å². The van der Waals surface area contributed by atoms with E-state index in [0.29, 0.717) is 42.1 Å². The van der Waals surface area contributed by atoms with Gasteiger partial charge in [-0.15, -0.1) is 0 Å². The molecule has 30 heavy (non-hydrogen) atoms. The Morgan fingerprint density at radius 3 is 2.93 bits per heavy atom. The maximum Gasteiger partial charge on any atom is 0.307 e. The van der Waals surface area contributed by atoms with E-state index in [1.165, 1.54) is 6.26 Å². The van der Waals surface area contributed by atoms with Crippen LogP contribution in [0.25, 0.3) is 11.3 Å². The van der Waals surface area contributed by atoms with Crippen LogP contribution in [0.5, 0.6) is 5.75 Å². The quantitative estimate of drug-likeness (QED) is 0.692. The van der Waals surface area contributed by atoms with Crippen LogP contribution in [0, 0.1) is 22.8 Å². The Hall–Kier alpha value is -3.56. The van der Waals surface area contributed by atoms with Gasteiger partial charge in [0, 0.05) is 25.3 Å². The van der Waals surface area contributed by atoms with Gasteiger partial charge in [0.25, 0.3) is 5.89 Å². The number of carbonyl (C=O) groups excluding carboxylic acids is 1. The minimum Gasteiger partial charge on any atom is -0.490 e. The Morgan fingerprint density at radius 1 is 1.40 bits per heavy atom. The molecule has 1 saturated carbocycles. The lowest BCUT2D eigenvalue weighted by Gasteiger charge is -2.15. The number of likely N-dealkylation sites (tertiary alicyclic amines) is 1. The molecule has 1 aromatic heterocycles. The van der Waals surface area contributed by atoms with Crippen LogP contribution >= 0.6 is 0 Å². The van der Waals surface area contributed by atoms with E-state index >= 15 is 0 Å². The second-order valence-corrected chi connectivity index (χ2v) is 7.45. The monoisotopic (exact) mass is 407 g/mol. The number of oxazole rings is 1. The summed E-state index contributed by atoms with van der Waals surface area (Å²) in [4.78, 5) is 18.5. The zero-order valence-corrected chi connectivity index (χ0v) is 16.5. The number of amides is 1. The number of benzene rings is 1. The minimum atomic E-state index is -0.455. The summed E-state index contributed by atoms with van der Waals surface area (Å²) in [6.45, 7) is 0.829. The fourth-order valence-corrected chi connectivity index (χ4v) is 3.51. The molecule has 1 aromatic carbocycles. The smallest absolute Gasteiger partial charge is 0.307 e. The van der Waals surface area contributed by atoms with Gasteiger partial charge in [0.1, 0.15) is 17.7 Å². The van der Waals surface area contributed by atoms with E-state index in [9.17, 15) is 15.3 Å². The SMILES string of the molecule is COC[C@H]1C[C@@H](NC(=O)c2nc(-c3cc(C#N)ccc3OC3CC3)co2)CN1C#N. The number of ether oxygens (including phenoxy) is 2. The Morgan fingerprint density at radius 2 is 2.23 bits per heavy atom. The summed E-state index contributed by atoms with van der Waals surface area (Å²) < 4.78 is 16.4. The van der Waals surface area contributed by atoms with Gasteiger partial charge in [-0.2, -0.15) is 10.5 Å². The number of methoxy groups -OCH3 is 1. The minimum absolute atomic E-state index is 0.0683. The number of nitriles is 2. The lowest BCUT2D eigenvalue weighted by Crippen LogP contribution is -2.36. The Bertz CT molecular complexity index is 1020. The molecule has 0 unspecified atom stereocenters. The third-order valence-electron chi connectivity index (χ3n) is 5.14. The highest BCUT2D eigenvalue weighted by Gasteiger charge is 2.33. The molecular formula is C21H21N5O4. The molecule has 1 aliphatic carbocycles. The van der Waals surface area contributed by atoms with E-state index in [2.05, 4.69) is 22.6 Å². The molecule has 1 amide bonds. The van der Waals surface area contributed by atoms with Crippen molar-refractivity contribution in [2.45, 2.75) is 37.5 Å². The molecule has 1 N–H and O–H groups in total. The number of carbonyl (C=O) groups is 1. The third-order valence-corrected chi connectivity index (χ3v) is 5.14. The summed E-state index contributed by atoms with van der Waals surface area (Å²) in [5.41, 5.74) is 1.50. The molecule has 9 heteroatoms. The molecule has 1 saturated heterocycles. The number of nitrogens with zero attached hydrogens (tertiary/aromatic N) is 4. The molecular weight excluding hydrogens is 386 g/mol. The molecule has 154 valence electrons. The first-order valence-electron chi connectivity index (χ1n) is 9.74. The maximum atomic E-state index is 12.6. The van der Waals surface area contributed by atoms with Crippen LogP contribution in [-0.4, -0.2) is 54.2 Å². The van der Waals surface area contributed by atoms with E-state index in [1.54, 1.807) is 30.2 Å². The van der Waals surface area contributed by atoms with E-state index in [1.807, 2.05) is 0 Å². The molecule has 0 spiro atoms. The number of nitrogens with one attached hydrogen (secondary N) is 1. The zero-order chi connectivity index (χ0) is 21.1. The molecule has 2 aromatic rings. The van der Waals surface area contributed by atoms with Crippen molar-refractivity contribution in [2.75, 3.05) is 20.3 Å². The van der Waals surface area contributed by atoms with E-state index < -0.39 is 5.91 Å². The highest BCUT2D eigenvalue weighted by Crippen LogP contribution is 2.35. The van der Waals surface area contributed by atoms with Gasteiger partial charge in [0.2, 0.25) is 0 Å². The number of aromatic nitrogens is 1. The number of hydrogen-bond acceptors (Lipinski definition) is 8. The van der Waals surface area contributed by atoms with Crippen molar-refractivity contribution in [1.29, 1.82) is 10.5 Å². The van der Waals surface area contributed by atoms with Gasteiger partial charge in [0.15, 0.2) is 6.19 Å². The molecule has 1 aliphatic heterocycles. The van der Waals surface area contributed by atoms with E-state index in [0.717, 1.165) is 12.8 Å². The summed E-state index contributed by atoms with van der Waals surface area (Å²) in [6, 6.07) is 6.93. The summed E-state index contributed by atoms with van der Waals surface area (Å²) >= 11 is 0. The molecule has 2 fully saturated rings. The Kier molecular flexibility index (Phi) is 5.55. The van der Waals surface area contributed by atoms with Crippen molar-refractivity contribution in [3.63, 3.8) is 0 Å². The largest absolute Gasteiger partial charge is 0.490 e. The van der Waals surface area contributed by atoms with Gasteiger partial charge in [-0.1, -0.05) is 0 Å². The molecule has 0 bridgehead atoms. The standard InChI is InChI=1S/C21H21N5O4/c1-28-10-15-7-14(9-26(15)12-23)24-20(27)21-25-18(11-29-21)17-6-13(8-22)2-5-19(17)30-16-3-4-16/h2,5-6,11,14-16H,3-4,7,9-10H2,1H3,(H,24,27)/t14-,15-/m1/s1. The number of rotatable bonds is 7. The highest BCUT2D eigenvalue weighted by atomic mass is 16.5. The van der Waals surface area contributed by atoms with Crippen molar-refractivity contribution in [2.24, 2.45) is 0 Å². The molecule has 2 aliphatic rings. The van der Waals surface area contributed by atoms with Gasteiger partial charge in [0.05, 0.1) is 30.4 Å². The Balaban J connectivity index is 1.49. The molecule has 2 atom stereocenters. The average Bonchev–Trinajstić information content (AvgIpc) is 3.28. The summed E-state index contributed by atoms with van der Waals surface area (Å²) in [7, 11) is 1.58. The van der Waals surface area contributed by atoms with Gasteiger partial charge < -0.3 is 24.1 Å². The Labute approximate surface area is 173 Å². The summed E-state index contributed by atoms with van der Waals surface area (Å²) in [5, 5.41) is 21.3. The van der Waals surface area contributed by atoms with Gasteiger partial charge in [-0.25, -0.2) is 4.98 Å². The normalized spacial score (nSPS) is 20.4. The predicted octanol–water partition coefficient (Wildman–Crippen LogP) is 2.05. The average molecular weight is 407 g/mol. The van der Waals surface area contributed by atoms with Crippen molar-refractivity contribution in [3.05, 3.63) is 35.9 Å². The fourth-order valence-electron chi connectivity index (χ4n) is 3.51. The lowest BCUT2D eigenvalue weighted by atomic mass is 10.1. The first-order valence-corrected chi connectivity index (χ1v) is 9.74. The first kappa shape index (κ1) is 19.7. The van der Waals surface area contributed by atoms with Crippen molar-refractivity contribution in [3.8, 4) is 29.3 Å².